The average Bonchev–Trinajstić information content (AvgIpc) is 0.766. The Hall–Kier alpha value is -18.4. The lowest BCUT2D eigenvalue weighted by atomic mass is 9.86. The predicted molar refractivity (Wildman–Crippen MR) is 629 cm³/mol. The van der Waals surface area contributed by atoms with E-state index in [0.29, 0.717) is 0 Å². The molecule has 0 spiro atoms. The van der Waals surface area contributed by atoms with E-state index in [1.165, 1.54) is 66.8 Å². The van der Waals surface area contributed by atoms with E-state index < -0.39 is 0 Å². The molecule has 0 unspecified atom stereocenters. The summed E-state index contributed by atoms with van der Waals surface area (Å²) in [6, 6.07) is 167. The fourth-order valence-electron chi connectivity index (χ4n) is 21.6. The second-order valence-electron chi connectivity index (χ2n) is 39.4. The summed E-state index contributed by atoms with van der Waals surface area (Å²) >= 11 is 0. The van der Waals surface area contributed by atoms with Crippen LogP contribution in [0.3, 0.4) is 0 Å². The molecule has 5 aromatic heterocycles. The third-order valence-electron chi connectivity index (χ3n) is 29.9. The molecule has 0 fully saturated rings. The zero-order valence-electron chi connectivity index (χ0n) is 85.7. The van der Waals surface area contributed by atoms with Gasteiger partial charge in [-0.3, -0.25) is 19.9 Å². The van der Waals surface area contributed by atoms with Crippen LogP contribution >= 0.6 is 0 Å². The highest BCUT2D eigenvalue weighted by molar-refractivity contribution is 5.99. The zero-order valence-corrected chi connectivity index (χ0v) is 85.7. The van der Waals surface area contributed by atoms with Gasteiger partial charge in [0, 0.05) is 80.4 Å². The molecule has 150 heavy (non-hydrogen) atoms. The Bertz CT molecular complexity index is 8060. The summed E-state index contributed by atoms with van der Waals surface area (Å²) in [6.45, 7) is 17.6. The Kier molecular flexibility index (Phi) is 26.9. The first-order valence-corrected chi connectivity index (χ1v) is 52.3. The van der Waals surface area contributed by atoms with Gasteiger partial charge in [-0.25, -0.2) is 9.97 Å². The maximum atomic E-state index is 5.07. The van der Waals surface area contributed by atoms with Crippen molar-refractivity contribution in [1.82, 2.24) is 29.9 Å². The van der Waals surface area contributed by atoms with Gasteiger partial charge in [-0.15, -0.1) is 0 Å². The quantitative estimate of drug-likeness (QED) is 0.0538. The molecule has 23 rings (SSSR count). The van der Waals surface area contributed by atoms with Crippen LogP contribution in [0, 0.1) is 27.7 Å². The number of hydrogen-bond donors (Lipinski definition) is 0. The fourth-order valence-corrected chi connectivity index (χ4v) is 21.6. The molecule has 0 saturated carbocycles. The number of aromatic nitrogens is 6. The number of pyridine rings is 4. The fraction of sp³-hybridized carbons (Fsp3) is 0.0833. The van der Waals surface area contributed by atoms with E-state index in [-0.39, 0.29) is 0 Å². The Morgan fingerprint density at radius 3 is 0.453 bits per heavy atom. The van der Waals surface area contributed by atoms with Gasteiger partial charge in [0.1, 0.15) is 6.33 Å². The van der Waals surface area contributed by atoms with E-state index in [9.17, 15) is 0 Å². The molecule has 0 amide bonds. The van der Waals surface area contributed by atoms with Crippen molar-refractivity contribution in [3.05, 3.63) is 531 Å². The molecule has 0 aliphatic carbocycles. The summed E-state index contributed by atoms with van der Waals surface area (Å²) in [7, 11) is 0. The standard InChI is InChI=1S/C144H112N6/c1-9-97-29-25-33-113(77-97)135-88-145-139(73-93(135)5)107-61-49-101(50-62-107)123-37-13-19-43-129(123)117-81-118(130-44-20-14-38-124(130)102-51-63-108(64-52-102)140-74-94(6)136(89-146-140)114-34-26-30-98(10-2)78-114)84-121(83-117)133-47-23-17-41-127(133)105-57-69-111(70-58-105)143-87-144(150-92-149-143)112-71-59-106(60-72-112)128-42-18-24-48-134(128)122-85-119(131-45-21-15-39-125(131)103-53-65-109(66-54-103)141-75-95(7)137(90-147-141)115-35-27-31-99(11-3)79-115)82-120(86-122)132-46-22-16-40-126(132)104-55-67-110(68-56-104)142-76-96(8)138(91-148-142)116-36-28-32-100(12-4)80-116/h13-92H,9-12H2,1-8H3. The van der Waals surface area contributed by atoms with Gasteiger partial charge in [0.15, 0.2) is 0 Å². The van der Waals surface area contributed by atoms with Crippen molar-refractivity contribution in [1.29, 1.82) is 0 Å². The Balaban J connectivity index is 0.558. The first kappa shape index (κ1) is 95.2. The highest BCUT2D eigenvalue weighted by atomic mass is 14.8. The molecule has 23 aromatic rings. The van der Waals surface area contributed by atoms with Crippen LogP contribution in [-0.2, 0) is 25.7 Å². The van der Waals surface area contributed by atoms with Crippen molar-refractivity contribution < 1.29 is 0 Å². The second kappa shape index (κ2) is 42.4. The van der Waals surface area contributed by atoms with E-state index in [1.807, 2.05) is 24.8 Å². The van der Waals surface area contributed by atoms with Crippen LogP contribution in [0.5, 0.6) is 0 Å². The molecule has 6 nitrogen and oxygen atoms in total. The minimum atomic E-state index is 0.829. The van der Waals surface area contributed by atoms with Crippen LogP contribution < -0.4 is 0 Å². The summed E-state index contributed by atoms with van der Waals surface area (Å²) in [5, 5.41) is 0. The van der Waals surface area contributed by atoms with Crippen LogP contribution in [0.1, 0.15) is 72.2 Å². The molecule has 0 aliphatic heterocycles. The van der Waals surface area contributed by atoms with Gasteiger partial charge in [0.25, 0.3) is 0 Å². The molecule has 5 heterocycles. The first-order chi connectivity index (χ1) is 73.7. The van der Waals surface area contributed by atoms with E-state index >= 15 is 0 Å². The summed E-state index contributed by atoms with van der Waals surface area (Å²) in [6.07, 6.45) is 13.8. The molecular weight excluding hydrogens is 1810 g/mol. The maximum Gasteiger partial charge on any atom is 0.116 e. The smallest absolute Gasteiger partial charge is 0.116 e. The van der Waals surface area contributed by atoms with Crippen molar-refractivity contribution in [2.24, 2.45) is 0 Å². The summed E-state index contributed by atoms with van der Waals surface area (Å²) < 4.78 is 0. The predicted octanol–water partition coefficient (Wildman–Crippen LogP) is 38.2. The van der Waals surface area contributed by atoms with E-state index in [4.69, 9.17) is 29.9 Å². The number of benzene rings is 18. The van der Waals surface area contributed by atoms with Gasteiger partial charge in [-0.2, -0.15) is 0 Å². The second-order valence-corrected chi connectivity index (χ2v) is 39.4. The van der Waals surface area contributed by atoms with Crippen molar-refractivity contribution in [3.8, 4) is 246 Å². The Labute approximate surface area is 880 Å². The van der Waals surface area contributed by atoms with E-state index in [0.717, 1.165) is 249 Å². The summed E-state index contributed by atoms with van der Waals surface area (Å²) in [4.78, 5) is 30.2. The Morgan fingerprint density at radius 2 is 0.287 bits per heavy atom. The monoisotopic (exact) mass is 1920 g/mol. The van der Waals surface area contributed by atoms with Gasteiger partial charge in [0.05, 0.1) is 34.2 Å². The minimum Gasteiger partial charge on any atom is -0.256 e. The lowest BCUT2D eigenvalue weighted by molar-refractivity contribution is 1.14. The third kappa shape index (κ3) is 19.7. The lowest BCUT2D eigenvalue weighted by Crippen LogP contribution is -1.93. The molecule has 0 bridgehead atoms. The molecule has 0 radical (unpaired) electrons. The van der Waals surface area contributed by atoms with Crippen molar-refractivity contribution in [2.45, 2.75) is 81.1 Å². The number of hydrogen-bond acceptors (Lipinski definition) is 6. The van der Waals surface area contributed by atoms with E-state index in [2.05, 4.69) is 510 Å². The van der Waals surface area contributed by atoms with Crippen molar-refractivity contribution >= 4 is 0 Å². The molecule has 718 valence electrons. The van der Waals surface area contributed by atoms with Crippen molar-refractivity contribution in [2.75, 3.05) is 0 Å². The van der Waals surface area contributed by atoms with Gasteiger partial charge in [0.2, 0.25) is 0 Å². The number of aryl methyl sites for hydroxylation is 8. The average molecular weight is 1930 g/mol. The topological polar surface area (TPSA) is 77.3 Å². The summed E-state index contributed by atoms with van der Waals surface area (Å²) in [5.74, 6) is 0. The highest BCUT2D eigenvalue weighted by Crippen LogP contribution is 2.48. The van der Waals surface area contributed by atoms with Crippen LogP contribution in [0.15, 0.2) is 486 Å². The summed E-state index contributed by atoms with van der Waals surface area (Å²) in [5.41, 5.74) is 57.9. The number of nitrogens with zero attached hydrogens (tertiary/aromatic N) is 6. The van der Waals surface area contributed by atoms with Gasteiger partial charge in [-0.05, 0) is 320 Å². The van der Waals surface area contributed by atoms with Crippen LogP contribution in [-0.4, -0.2) is 29.9 Å². The first-order valence-electron chi connectivity index (χ1n) is 52.3. The van der Waals surface area contributed by atoms with Gasteiger partial charge in [-0.1, -0.05) is 416 Å². The molecule has 0 aliphatic rings. The van der Waals surface area contributed by atoms with Crippen LogP contribution in [0.2, 0.25) is 0 Å². The molecular formula is C144H112N6. The van der Waals surface area contributed by atoms with E-state index in [1.54, 1.807) is 6.33 Å². The van der Waals surface area contributed by atoms with Crippen LogP contribution in [0.4, 0.5) is 0 Å². The van der Waals surface area contributed by atoms with Crippen LogP contribution in [0.25, 0.3) is 246 Å². The van der Waals surface area contributed by atoms with Crippen molar-refractivity contribution in [3.63, 3.8) is 0 Å². The SMILES string of the molecule is CCc1cccc(-c2cnc(-c3ccc(-c4ccccc4-c4cc(-c5ccccc5-c5ccc(-c6cc(-c7ccc(-c8ccccc8-c8cc(-c9ccccc9-c9ccc(-c%10cc(C)c(-c%11cccc(CC)c%11)cn%10)cc9)cc(-c9ccccc9-c9ccc(-c%10cc(C)c(-c%11cccc(CC)c%11)cn%10)cc9)c8)cc7)ncn6)cc5)cc(-c5ccccc5-c5ccc(-c6cc(C)c(-c7cccc(CC)c7)cn6)cc5)c4)cc3)cc2C)c1. The third-order valence-corrected chi connectivity index (χ3v) is 29.9. The molecule has 6 heteroatoms. The normalized spacial score (nSPS) is 11.3. The minimum absolute atomic E-state index is 0.829. The molecule has 0 saturated heterocycles. The highest BCUT2D eigenvalue weighted by Gasteiger charge is 2.24. The molecule has 18 aromatic carbocycles. The Morgan fingerprint density at radius 1 is 0.127 bits per heavy atom. The zero-order chi connectivity index (χ0) is 102. The molecule has 0 N–H and O–H groups in total. The van der Waals surface area contributed by atoms with Gasteiger partial charge < -0.3 is 0 Å². The van der Waals surface area contributed by atoms with Gasteiger partial charge >= 0.3 is 0 Å². The number of rotatable bonds is 26. The largest absolute Gasteiger partial charge is 0.256 e. The maximum absolute atomic E-state index is 5.07. The lowest BCUT2D eigenvalue weighted by Gasteiger charge is -2.18. The molecule has 0 atom stereocenters.